The van der Waals surface area contributed by atoms with Gasteiger partial charge in [-0.3, -0.25) is 4.79 Å². The zero-order chi connectivity index (χ0) is 22.8. The SMILES string of the molecule is O=CN1CCC(NC(=O)Oc2cc3ccccc3n2Cc2cc(-c3ccc(Cl)s3)on2)CC1. The zero-order valence-corrected chi connectivity index (χ0v) is 19.1. The lowest BCUT2D eigenvalue weighted by atomic mass is 10.1. The Morgan fingerprint density at radius 2 is 2.06 bits per heavy atom. The topological polar surface area (TPSA) is 89.6 Å². The van der Waals surface area contributed by atoms with Gasteiger partial charge in [-0.2, -0.15) is 0 Å². The summed E-state index contributed by atoms with van der Waals surface area (Å²) in [7, 11) is 0. The molecule has 4 aromatic rings. The number of amides is 2. The number of benzene rings is 1. The Bertz CT molecular complexity index is 1290. The highest BCUT2D eigenvalue weighted by Gasteiger charge is 2.22. The standard InChI is InChI=1S/C23H21ClN4O4S/c24-21-6-5-20(33-21)19-12-17(26-32-19)13-28-18-4-2-1-3-15(18)11-22(28)31-23(30)25-16-7-9-27(14-29)10-8-16/h1-6,11-12,14,16H,7-10,13H2,(H,25,30). The second-order valence-corrected chi connectivity index (χ2v) is 9.58. The second-order valence-electron chi connectivity index (χ2n) is 7.86. The lowest BCUT2D eigenvalue weighted by molar-refractivity contribution is -0.119. The van der Waals surface area contributed by atoms with Gasteiger partial charge >= 0.3 is 6.09 Å². The molecule has 33 heavy (non-hydrogen) atoms. The van der Waals surface area contributed by atoms with Crippen LogP contribution in [0.1, 0.15) is 18.5 Å². The van der Waals surface area contributed by atoms with E-state index in [4.69, 9.17) is 20.9 Å². The van der Waals surface area contributed by atoms with Gasteiger partial charge in [-0.25, -0.2) is 4.79 Å². The number of carbonyl (C=O) groups excluding carboxylic acids is 2. The first-order valence-corrected chi connectivity index (χ1v) is 11.8. The Balaban J connectivity index is 1.34. The summed E-state index contributed by atoms with van der Waals surface area (Å²) in [6.07, 6.45) is 1.73. The quantitative estimate of drug-likeness (QED) is 0.398. The van der Waals surface area contributed by atoms with Gasteiger partial charge < -0.3 is 24.0 Å². The van der Waals surface area contributed by atoms with Crippen LogP contribution in [0.3, 0.4) is 0 Å². The van der Waals surface area contributed by atoms with Crippen LogP contribution in [0.25, 0.3) is 21.5 Å². The number of thiophene rings is 1. The molecule has 1 aromatic carbocycles. The lowest BCUT2D eigenvalue weighted by Gasteiger charge is -2.29. The number of piperidine rings is 1. The number of nitrogens with one attached hydrogen (secondary N) is 1. The molecule has 3 aromatic heterocycles. The lowest BCUT2D eigenvalue weighted by Crippen LogP contribution is -2.45. The van der Waals surface area contributed by atoms with E-state index in [1.54, 1.807) is 4.90 Å². The Morgan fingerprint density at radius 1 is 1.24 bits per heavy atom. The monoisotopic (exact) mass is 484 g/mol. The Kier molecular flexibility index (Phi) is 6.06. The molecule has 4 heterocycles. The third kappa shape index (κ3) is 4.74. The van der Waals surface area contributed by atoms with E-state index in [2.05, 4.69) is 10.5 Å². The number of likely N-dealkylation sites (tertiary alicyclic amines) is 1. The van der Waals surface area contributed by atoms with Crippen LogP contribution < -0.4 is 10.1 Å². The fourth-order valence-corrected chi connectivity index (χ4v) is 4.98. The largest absolute Gasteiger partial charge is 0.414 e. The highest BCUT2D eigenvalue weighted by atomic mass is 35.5. The second kappa shape index (κ2) is 9.29. The molecular formula is C23H21ClN4O4S. The van der Waals surface area contributed by atoms with Crippen molar-refractivity contribution in [3.63, 3.8) is 0 Å². The summed E-state index contributed by atoms with van der Waals surface area (Å²) in [5.41, 5.74) is 1.62. The first kappa shape index (κ1) is 21.5. The zero-order valence-electron chi connectivity index (χ0n) is 17.6. The molecule has 0 bridgehead atoms. The van der Waals surface area contributed by atoms with Crippen molar-refractivity contribution in [2.75, 3.05) is 13.1 Å². The maximum atomic E-state index is 12.6. The van der Waals surface area contributed by atoms with Crippen molar-refractivity contribution in [2.24, 2.45) is 0 Å². The molecule has 0 spiro atoms. The van der Waals surface area contributed by atoms with Gasteiger partial charge in [0.05, 0.1) is 21.3 Å². The van der Waals surface area contributed by atoms with Crippen molar-refractivity contribution in [2.45, 2.75) is 25.4 Å². The number of carbonyl (C=O) groups is 2. The van der Waals surface area contributed by atoms with Crippen LogP contribution in [0.4, 0.5) is 4.79 Å². The molecule has 1 N–H and O–H groups in total. The van der Waals surface area contributed by atoms with Crippen molar-refractivity contribution in [1.29, 1.82) is 0 Å². The Labute approximate surface area is 198 Å². The molecular weight excluding hydrogens is 464 g/mol. The van der Waals surface area contributed by atoms with Crippen LogP contribution in [0.2, 0.25) is 4.34 Å². The number of para-hydroxylation sites is 1. The molecule has 2 amide bonds. The summed E-state index contributed by atoms with van der Waals surface area (Å²) >= 11 is 7.45. The molecule has 170 valence electrons. The third-order valence-electron chi connectivity index (χ3n) is 5.67. The van der Waals surface area contributed by atoms with Crippen molar-refractivity contribution in [1.82, 2.24) is 19.9 Å². The van der Waals surface area contributed by atoms with Crippen LogP contribution in [0.5, 0.6) is 5.88 Å². The number of hydrogen-bond donors (Lipinski definition) is 1. The summed E-state index contributed by atoms with van der Waals surface area (Å²) in [4.78, 5) is 26.1. The molecule has 0 aliphatic carbocycles. The summed E-state index contributed by atoms with van der Waals surface area (Å²) in [6, 6.07) is 15.2. The van der Waals surface area contributed by atoms with Gasteiger partial charge in [-0.1, -0.05) is 35.0 Å². The van der Waals surface area contributed by atoms with Gasteiger partial charge in [0.25, 0.3) is 0 Å². The number of ether oxygens (including phenoxy) is 1. The van der Waals surface area contributed by atoms with E-state index in [1.165, 1.54) is 11.3 Å². The minimum absolute atomic E-state index is 0.0257. The number of halogens is 1. The molecule has 5 rings (SSSR count). The van der Waals surface area contributed by atoms with Gasteiger partial charge in [0.15, 0.2) is 5.76 Å². The number of rotatable bonds is 6. The van der Waals surface area contributed by atoms with Crippen molar-refractivity contribution in [3.8, 4) is 16.5 Å². The first-order chi connectivity index (χ1) is 16.1. The summed E-state index contributed by atoms with van der Waals surface area (Å²) in [5.74, 6) is 1.06. The molecule has 1 aliphatic heterocycles. The van der Waals surface area contributed by atoms with E-state index in [-0.39, 0.29) is 6.04 Å². The van der Waals surface area contributed by atoms with Crippen LogP contribution in [-0.4, -0.2) is 46.3 Å². The van der Waals surface area contributed by atoms with E-state index in [0.29, 0.717) is 54.1 Å². The summed E-state index contributed by atoms with van der Waals surface area (Å²) < 4.78 is 13.8. The summed E-state index contributed by atoms with van der Waals surface area (Å²) in [6.45, 7) is 1.62. The normalized spacial score (nSPS) is 14.5. The molecule has 8 nitrogen and oxygen atoms in total. The molecule has 10 heteroatoms. The maximum Gasteiger partial charge on any atom is 0.414 e. The first-order valence-electron chi connectivity index (χ1n) is 10.6. The molecule has 1 saturated heterocycles. The number of nitrogens with zero attached hydrogens (tertiary/aromatic N) is 3. The minimum Gasteiger partial charge on any atom is -0.393 e. The van der Waals surface area contributed by atoms with E-state index in [0.717, 1.165) is 22.2 Å². The van der Waals surface area contributed by atoms with Crippen molar-refractivity contribution < 1.29 is 18.8 Å². The van der Waals surface area contributed by atoms with Crippen LogP contribution >= 0.6 is 22.9 Å². The predicted octanol–water partition coefficient (Wildman–Crippen LogP) is 4.77. The van der Waals surface area contributed by atoms with E-state index >= 15 is 0 Å². The fourth-order valence-electron chi connectivity index (χ4n) is 3.98. The highest BCUT2D eigenvalue weighted by molar-refractivity contribution is 7.19. The molecule has 1 aliphatic rings. The predicted molar refractivity (Wildman–Crippen MR) is 126 cm³/mol. The number of aromatic nitrogens is 2. The highest BCUT2D eigenvalue weighted by Crippen LogP contribution is 2.32. The van der Waals surface area contributed by atoms with Crippen molar-refractivity contribution >= 4 is 46.3 Å². The van der Waals surface area contributed by atoms with Crippen LogP contribution in [-0.2, 0) is 11.3 Å². The van der Waals surface area contributed by atoms with Crippen LogP contribution in [0.15, 0.2) is 53.1 Å². The molecule has 1 fully saturated rings. The van der Waals surface area contributed by atoms with Gasteiger partial charge in [-0.05, 0) is 31.0 Å². The Hall–Kier alpha value is -3.30. The van der Waals surface area contributed by atoms with Crippen molar-refractivity contribution in [3.05, 3.63) is 58.6 Å². The van der Waals surface area contributed by atoms with Gasteiger partial charge in [0.1, 0.15) is 5.69 Å². The number of fused-ring (bicyclic) bond motifs is 1. The molecule has 0 unspecified atom stereocenters. The van der Waals surface area contributed by atoms with Crippen LogP contribution in [0, 0.1) is 0 Å². The molecule has 0 atom stereocenters. The third-order valence-corrected chi connectivity index (χ3v) is 6.91. The van der Waals surface area contributed by atoms with E-state index < -0.39 is 6.09 Å². The molecule has 0 radical (unpaired) electrons. The van der Waals surface area contributed by atoms with E-state index in [9.17, 15) is 9.59 Å². The average molecular weight is 485 g/mol. The average Bonchev–Trinajstić information content (AvgIpc) is 3.54. The van der Waals surface area contributed by atoms with E-state index in [1.807, 2.05) is 53.1 Å². The number of hydrogen-bond acceptors (Lipinski definition) is 6. The molecule has 0 saturated carbocycles. The minimum atomic E-state index is -0.516. The van der Waals surface area contributed by atoms with Gasteiger partial charge in [-0.15, -0.1) is 11.3 Å². The fraction of sp³-hybridized carbons (Fsp3) is 0.261. The smallest absolute Gasteiger partial charge is 0.393 e. The van der Waals surface area contributed by atoms with Gasteiger partial charge in [0, 0.05) is 36.7 Å². The maximum absolute atomic E-state index is 12.6. The summed E-state index contributed by atoms with van der Waals surface area (Å²) in [5, 5.41) is 8.06. The van der Waals surface area contributed by atoms with Gasteiger partial charge in [0.2, 0.25) is 12.3 Å². The Morgan fingerprint density at radius 3 is 2.82 bits per heavy atom.